The SMILES string of the molecule is Cc1cc(C)cc(NC(=O)C2Cc3ccccc3CN2S(=O)(=O)c2cccs2)c1. The molecule has 0 spiro atoms. The van der Waals surface area contributed by atoms with Gasteiger partial charge in [-0.3, -0.25) is 4.79 Å². The average Bonchev–Trinajstić information content (AvgIpc) is 3.22. The Morgan fingerprint density at radius 1 is 1.03 bits per heavy atom. The largest absolute Gasteiger partial charge is 0.325 e. The second-order valence-corrected chi connectivity index (χ2v) is 10.4. The molecule has 0 fully saturated rings. The number of nitrogens with one attached hydrogen (secondary N) is 1. The topological polar surface area (TPSA) is 66.5 Å². The molecule has 3 aromatic rings. The minimum absolute atomic E-state index is 0.182. The first-order valence-corrected chi connectivity index (χ1v) is 11.7. The highest BCUT2D eigenvalue weighted by atomic mass is 32.2. The lowest BCUT2D eigenvalue weighted by Gasteiger charge is -2.34. The van der Waals surface area contributed by atoms with Crippen molar-refractivity contribution in [2.24, 2.45) is 0 Å². The van der Waals surface area contributed by atoms with E-state index in [1.165, 1.54) is 15.6 Å². The maximum Gasteiger partial charge on any atom is 0.253 e. The van der Waals surface area contributed by atoms with E-state index in [2.05, 4.69) is 5.32 Å². The number of hydrogen-bond donors (Lipinski definition) is 1. The standard InChI is InChI=1S/C22H22N2O3S2/c1-15-10-16(2)12-19(11-15)23-22(25)20-13-17-6-3-4-7-18(17)14-24(20)29(26,27)21-8-5-9-28-21/h3-12,20H,13-14H2,1-2H3,(H,23,25). The zero-order chi connectivity index (χ0) is 20.6. The number of carbonyl (C=O) groups is 1. The van der Waals surface area contributed by atoms with Crippen molar-refractivity contribution >= 4 is 33.0 Å². The van der Waals surface area contributed by atoms with Crippen LogP contribution in [0.4, 0.5) is 5.69 Å². The van der Waals surface area contributed by atoms with E-state index >= 15 is 0 Å². The first-order chi connectivity index (χ1) is 13.8. The molecule has 1 aliphatic rings. The Labute approximate surface area is 175 Å². The van der Waals surface area contributed by atoms with Gasteiger partial charge in [-0.15, -0.1) is 11.3 Å². The molecule has 2 heterocycles. The Hall–Kier alpha value is -2.48. The lowest BCUT2D eigenvalue weighted by Crippen LogP contribution is -2.50. The third kappa shape index (κ3) is 3.99. The van der Waals surface area contributed by atoms with Crippen LogP contribution in [0, 0.1) is 13.8 Å². The quantitative estimate of drug-likeness (QED) is 0.682. The molecule has 4 rings (SSSR count). The zero-order valence-corrected chi connectivity index (χ0v) is 17.9. The van der Waals surface area contributed by atoms with E-state index in [1.54, 1.807) is 17.5 Å². The third-order valence-electron chi connectivity index (χ3n) is 5.06. The van der Waals surface area contributed by atoms with Crippen LogP contribution in [0.1, 0.15) is 22.3 Å². The maximum absolute atomic E-state index is 13.3. The van der Waals surface area contributed by atoms with Crippen LogP contribution in [-0.2, 0) is 27.8 Å². The number of nitrogens with zero attached hydrogens (tertiary/aromatic N) is 1. The molecule has 1 N–H and O–H groups in total. The van der Waals surface area contributed by atoms with Crippen molar-refractivity contribution in [2.75, 3.05) is 5.32 Å². The van der Waals surface area contributed by atoms with Gasteiger partial charge in [0.05, 0.1) is 0 Å². The molecule has 1 aromatic heterocycles. The summed E-state index contributed by atoms with van der Waals surface area (Å²) in [6.07, 6.45) is 0.345. The van der Waals surface area contributed by atoms with Crippen molar-refractivity contribution in [1.29, 1.82) is 0 Å². The number of thiophene rings is 1. The highest BCUT2D eigenvalue weighted by Gasteiger charge is 2.40. The predicted octanol–water partition coefficient (Wildman–Crippen LogP) is 4.12. The number of sulfonamides is 1. The number of aryl methyl sites for hydroxylation is 2. The maximum atomic E-state index is 13.3. The lowest BCUT2D eigenvalue weighted by atomic mass is 9.95. The van der Waals surface area contributed by atoms with Gasteiger partial charge in [-0.2, -0.15) is 4.31 Å². The van der Waals surface area contributed by atoms with Gasteiger partial charge in [0, 0.05) is 12.2 Å². The molecule has 1 unspecified atom stereocenters. The third-order valence-corrected chi connectivity index (χ3v) is 8.28. The Morgan fingerprint density at radius 3 is 2.38 bits per heavy atom. The fraction of sp³-hybridized carbons (Fsp3) is 0.227. The number of benzene rings is 2. The summed E-state index contributed by atoms with van der Waals surface area (Å²) in [5.74, 6) is -0.315. The summed E-state index contributed by atoms with van der Waals surface area (Å²) in [7, 11) is -3.77. The van der Waals surface area contributed by atoms with Gasteiger partial charge in [0.25, 0.3) is 10.0 Å². The number of rotatable bonds is 4. The average molecular weight is 427 g/mol. The van der Waals surface area contributed by atoms with Gasteiger partial charge >= 0.3 is 0 Å². The zero-order valence-electron chi connectivity index (χ0n) is 16.3. The van der Waals surface area contributed by atoms with Gasteiger partial charge in [-0.1, -0.05) is 36.4 Å². The summed E-state index contributed by atoms with van der Waals surface area (Å²) in [5, 5.41) is 4.66. The monoisotopic (exact) mass is 426 g/mol. The predicted molar refractivity (Wildman–Crippen MR) is 116 cm³/mol. The van der Waals surface area contributed by atoms with Crippen molar-refractivity contribution in [3.05, 3.63) is 82.2 Å². The summed E-state index contributed by atoms with van der Waals surface area (Å²) >= 11 is 1.17. The lowest BCUT2D eigenvalue weighted by molar-refractivity contribution is -0.120. The van der Waals surface area contributed by atoms with Gasteiger partial charge in [0.1, 0.15) is 10.3 Å². The molecule has 1 amide bonds. The summed E-state index contributed by atoms with van der Waals surface area (Å²) in [6.45, 7) is 4.11. The molecule has 0 saturated carbocycles. The van der Waals surface area contributed by atoms with Gasteiger partial charge in [0.2, 0.25) is 5.91 Å². The van der Waals surface area contributed by atoms with Crippen molar-refractivity contribution < 1.29 is 13.2 Å². The molecule has 0 radical (unpaired) electrons. The summed E-state index contributed by atoms with van der Waals surface area (Å²) < 4.78 is 28.2. The second kappa shape index (κ2) is 7.74. The van der Waals surface area contributed by atoms with E-state index in [9.17, 15) is 13.2 Å². The fourth-order valence-electron chi connectivity index (χ4n) is 3.77. The summed E-state index contributed by atoms with van der Waals surface area (Å²) in [6, 6.07) is 16.0. The van der Waals surface area contributed by atoms with Crippen molar-refractivity contribution in [2.45, 2.75) is 37.1 Å². The molecule has 5 nitrogen and oxygen atoms in total. The molecule has 7 heteroatoms. The highest BCUT2D eigenvalue weighted by Crippen LogP contribution is 2.31. The van der Waals surface area contributed by atoms with Crippen molar-refractivity contribution in [3.63, 3.8) is 0 Å². The molecular weight excluding hydrogens is 404 g/mol. The molecule has 0 saturated heterocycles. The molecule has 29 heavy (non-hydrogen) atoms. The van der Waals surface area contributed by atoms with Crippen molar-refractivity contribution in [3.8, 4) is 0 Å². The van der Waals surface area contributed by atoms with Crippen LogP contribution in [-0.4, -0.2) is 24.7 Å². The molecule has 2 aromatic carbocycles. The summed E-state index contributed by atoms with van der Waals surface area (Å²) in [5.41, 5.74) is 4.70. The van der Waals surface area contributed by atoms with Crippen LogP contribution in [0.2, 0.25) is 0 Å². The van der Waals surface area contributed by atoms with Crippen LogP contribution >= 0.6 is 11.3 Å². The van der Waals surface area contributed by atoms with E-state index in [0.29, 0.717) is 12.1 Å². The summed E-state index contributed by atoms with van der Waals surface area (Å²) in [4.78, 5) is 13.2. The van der Waals surface area contributed by atoms with Gasteiger partial charge in [-0.05, 0) is 66.1 Å². The second-order valence-electron chi connectivity index (χ2n) is 7.34. The number of hydrogen-bond acceptors (Lipinski definition) is 4. The smallest absolute Gasteiger partial charge is 0.253 e. The molecule has 1 aliphatic heterocycles. The van der Waals surface area contributed by atoms with Gasteiger partial charge in [0.15, 0.2) is 0 Å². The van der Waals surface area contributed by atoms with E-state index in [4.69, 9.17) is 0 Å². The first kappa shape index (κ1) is 19.8. The van der Waals surface area contributed by atoms with Gasteiger partial charge < -0.3 is 5.32 Å². The Bertz CT molecular complexity index is 1130. The van der Waals surface area contributed by atoms with E-state index < -0.39 is 16.1 Å². The Balaban J connectivity index is 1.71. The number of anilines is 1. The molecule has 0 aliphatic carbocycles. The molecule has 1 atom stereocenters. The number of carbonyl (C=O) groups excluding carboxylic acids is 1. The molecule has 150 valence electrons. The minimum Gasteiger partial charge on any atom is -0.325 e. The van der Waals surface area contributed by atoms with Crippen LogP contribution in [0.5, 0.6) is 0 Å². The van der Waals surface area contributed by atoms with Crippen LogP contribution in [0.3, 0.4) is 0 Å². The van der Waals surface area contributed by atoms with Crippen LogP contribution in [0.25, 0.3) is 0 Å². The number of fused-ring (bicyclic) bond motifs is 1. The van der Waals surface area contributed by atoms with E-state index in [-0.39, 0.29) is 16.7 Å². The van der Waals surface area contributed by atoms with Crippen LogP contribution in [0.15, 0.2) is 64.2 Å². The molecule has 0 bridgehead atoms. The van der Waals surface area contributed by atoms with E-state index in [0.717, 1.165) is 22.3 Å². The Morgan fingerprint density at radius 2 is 1.72 bits per heavy atom. The minimum atomic E-state index is -3.77. The highest BCUT2D eigenvalue weighted by molar-refractivity contribution is 7.91. The van der Waals surface area contributed by atoms with Gasteiger partial charge in [-0.25, -0.2) is 8.42 Å². The molecular formula is C22H22N2O3S2. The first-order valence-electron chi connectivity index (χ1n) is 9.36. The van der Waals surface area contributed by atoms with Crippen LogP contribution < -0.4 is 5.32 Å². The van der Waals surface area contributed by atoms with Crippen molar-refractivity contribution in [1.82, 2.24) is 4.31 Å². The fourth-order valence-corrected chi connectivity index (χ4v) is 6.46. The number of amides is 1. The Kier molecular flexibility index (Phi) is 5.29. The normalized spacial score (nSPS) is 17.0. The van der Waals surface area contributed by atoms with E-state index in [1.807, 2.05) is 56.3 Å².